The third-order valence-electron chi connectivity index (χ3n) is 2.63. The summed E-state index contributed by atoms with van der Waals surface area (Å²) < 4.78 is 0. The van der Waals surface area contributed by atoms with E-state index in [1.165, 1.54) is 0 Å². The van der Waals surface area contributed by atoms with Crippen molar-refractivity contribution in [3.63, 3.8) is 0 Å². The first kappa shape index (κ1) is 11.9. The van der Waals surface area contributed by atoms with Crippen molar-refractivity contribution in [1.82, 2.24) is 4.90 Å². The summed E-state index contributed by atoms with van der Waals surface area (Å²) in [5.74, 6) is 0. The van der Waals surface area contributed by atoms with Crippen molar-refractivity contribution in [3.05, 3.63) is 0 Å². The molecule has 2 nitrogen and oxygen atoms in total. The first-order valence-electron chi connectivity index (χ1n) is 4.99. The Hall–Kier alpha value is -0.0800. The molecule has 1 aliphatic rings. The fourth-order valence-corrected chi connectivity index (χ4v) is 1.46. The fraction of sp³-hybridized carbons (Fsp3) is 1.00. The highest BCUT2D eigenvalue weighted by atomic mass is 16.3. The summed E-state index contributed by atoms with van der Waals surface area (Å²) in [6.07, 6.45) is -0.157. The van der Waals surface area contributed by atoms with Crippen molar-refractivity contribution < 1.29 is 5.11 Å². The third kappa shape index (κ3) is 2.46. The lowest BCUT2D eigenvalue weighted by Crippen LogP contribution is -2.59. The van der Waals surface area contributed by atoms with Crippen LogP contribution in [0.2, 0.25) is 0 Å². The zero-order valence-electron chi connectivity index (χ0n) is 9.09. The lowest BCUT2D eigenvalue weighted by molar-refractivity contribution is -0.0693. The molecule has 1 saturated heterocycles. The molecule has 1 atom stereocenters. The van der Waals surface area contributed by atoms with Crippen molar-refractivity contribution in [2.24, 2.45) is 5.41 Å². The molecule has 1 aliphatic heterocycles. The fourth-order valence-electron chi connectivity index (χ4n) is 1.46. The molecule has 0 aromatic carbocycles. The molecule has 0 radical (unpaired) electrons. The highest BCUT2D eigenvalue weighted by Crippen LogP contribution is 2.32. The number of aliphatic hydroxyl groups excluding tert-OH is 1. The van der Waals surface area contributed by atoms with Crippen LogP contribution in [0, 0.1) is 5.41 Å². The minimum absolute atomic E-state index is 0.157. The third-order valence-corrected chi connectivity index (χ3v) is 2.63. The van der Waals surface area contributed by atoms with Crippen LogP contribution in [0.3, 0.4) is 0 Å². The molecule has 0 saturated carbocycles. The molecule has 74 valence electrons. The number of hydrogen-bond donors (Lipinski definition) is 1. The standard InChI is InChI=1S/C8H17NO.C2H6/c1-4-9-5-8(3,6-9)7(2)10;1-2/h7,10H,4-6H2,1-3H3;1-2H3. The summed E-state index contributed by atoms with van der Waals surface area (Å²) in [4.78, 5) is 2.34. The second-order valence-electron chi connectivity index (χ2n) is 3.63. The van der Waals surface area contributed by atoms with Gasteiger partial charge in [0.15, 0.2) is 0 Å². The monoisotopic (exact) mass is 173 g/mol. The van der Waals surface area contributed by atoms with Gasteiger partial charge in [0.25, 0.3) is 0 Å². The normalized spacial score (nSPS) is 23.5. The van der Waals surface area contributed by atoms with Gasteiger partial charge in [-0.2, -0.15) is 0 Å². The van der Waals surface area contributed by atoms with E-state index in [2.05, 4.69) is 18.7 Å². The maximum atomic E-state index is 9.32. The Morgan fingerprint density at radius 2 is 1.83 bits per heavy atom. The average Bonchev–Trinajstić information content (AvgIpc) is 2.02. The van der Waals surface area contributed by atoms with E-state index >= 15 is 0 Å². The predicted molar refractivity (Wildman–Crippen MR) is 53.2 cm³/mol. The molecule has 0 aromatic rings. The molecule has 0 aliphatic carbocycles. The summed E-state index contributed by atoms with van der Waals surface area (Å²) in [6.45, 7) is 13.4. The maximum Gasteiger partial charge on any atom is 0.0590 e. The van der Waals surface area contributed by atoms with Gasteiger partial charge in [-0.05, 0) is 13.5 Å². The van der Waals surface area contributed by atoms with E-state index in [0.717, 1.165) is 19.6 Å². The van der Waals surface area contributed by atoms with Crippen LogP contribution in [0.4, 0.5) is 0 Å². The van der Waals surface area contributed by atoms with E-state index in [-0.39, 0.29) is 11.5 Å². The Kier molecular flexibility index (Phi) is 4.80. The maximum absolute atomic E-state index is 9.32. The van der Waals surface area contributed by atoms with E-state index in [0.29, 0.717) is 0 Å². The Labute approximate surface area is 76.6 Å². The molecule has 2 heteroatoms. The van der Waals surface area contributed by atoms with Gasteiger partial charge < -0.3 is 10.0 Å². The van der Waals surface area contributed by atoms with Crippen molar-refractivity contribution in [2.75, 3.05) is 19.6 Å². The summed E-state index contributed by atoms with van der Waals surface area (Å²) in [7, 11) is 0. The highest BCUT2D eigenvalue weighted by Gasteiger charge is 2.41. The van der Waals surface area contributed by atoms with Crippen LogP contribution in [-0.4, -0.2) is 35.7 Å². The van der Waals surface area contributed by atoms with Gasteiger partial charge in [-0.25, -0.2) is 0 Å². The topological polar surface area (TPSA) is 23.5 Å². The van der Waals surface area contributed by atoms with Gasteiger partial charge in [0.1, 0.15) is 0 Å². The second-order valence-corrected chi connectivity index (χ2v) is 3.63. The van der Waals surface area contributed by atoms with Gasteiger partial charge in [0.2, 0.25) is 0 Å². The van der Waals surface area contributed by atoms with Gasteiger partial charge in [-0.3, -0.25) is 0 Å². The Bertz CT molecular complexity index is 117. The molecule has 1 unspecified atom stereocenters. The lowest BCUT2D eigenvalue weighted by atomic mass is 9.77. The quantitative estimate of drug-likeness (QED) is 0.687. The SMILES string of the molecule is CC.CCN1CC(C)(C(C)O)C1. The molecule has 0 amide bonds. The number of nitrogens with zero attached hydrogens (tertiary/aromatic N) is 1. The molecule has 1 rings (SSSR count). The number of rotatable bonds is 2. The van der Waals surface area contributed by atoms with Crippen LogP contribution in [0.15, 0.2) is 0 Å². The van der Waals surface area contributed by atoms with Crippen LogP contribution in [0.1, 0.15) is 34.6 Å². The molecule has 0 bridgehead atoms. The van der Waals surface area contributed by atoms with Crippen LogP contribution >= 0.6 is 0 Å². The summed E-state index contributed by atoms with van der Waals surface area (Å²) in [6, 6.07) is 0. The van der Waals surface area contributed by atoms with E-state index in [1.54, 1.807) is 0 Å². The van der Waals surface area contributed by atoms with Crippen molar-refractivity contribution in [3.8, 4) is 0 Å². The molecular formula is C10H23NO. The van der Waals surface area contributed by atoms with Gasteiger partial charge in [0.05, 0.1) is 6.10 Å². The molecular weight excluding hydrogens is 150 g/mol. The lowest BCUT2D eigenvalue weighted by Gasteiger charge is -2.49. The Morgan fingerprint density at radius 1 is 1.42 bits per heavy atom. The molecule has 1 fully saturated rings. The summed E-state index contributed by atoms with van der Waals surface area (Å²) in [5, 5.41) is 9.32. The Morgan fingerprint density at radius 3 is 2.08 bits per heavy atom. The molecule has 12 heavy (non-hydrogen) atoms. The van der Waals surface area contributed by atoms with E-state index in [9.17, 15) is 5.11 Å². The first-order chi connectivity index (χ1) is 5.58. The van der Waals surface area contributed by atoms with Crippen LogP contribution < -0.4 is 0 Å². The van der Waals surface area contributed by atoms with Crippen LogP contribution in [-0.2, 0) is 0 Å². The van der Waals surface area contributed by atoms with Crippen molar-refractivity contribution in [1.29, 1.82) is 0 Å². The largest absolute Gasteiger partial charge is 0.393 e. The minimum atomic E-state index is -0.157. The number of likely N-dealkylation sites (tertiary alicyclic amines) is 1. The number of hydrogen-bond acceptors (Lipinski definition) is 2. The smallest absolute Gasteiger partial charge is 0.0590 e. The Balaban J connectivity index is 0.000000561. The first-order valence-corrected chi connectivity index (χ1v) is 4.99. The van der Waals surface area contributed by atoms with Crippen LogP contribution in [0.25, 0.3) is 0 Å². The average molecular weight is 173 g/mol. The van der Waals surface area contributed by atoms with Crippen molar-refractivity contribution in [2.45, 2.75) is 40.7 Å². The zero-order valence-corrected chi connectivity index (χ0v) is 9.09. The van der Waals surface area contributed by atoms with Gasteiger partial charge in [-0.15, -0.1) is 0 Å². The van der Waals surface area contributed by atoms with Crippen molar-refractivity contribution >= 4 is 0 Å². The summed E-state index contributed by atoms with van der Waals surface area (Å²) in [5.41, 5.74) is 0.177. The molecule has 0 aromatic heterocycles. The van der Waals surface area contributed by atoms with E-state index in [4.69, 9.17) is 0 Å². The van der Waals surface area contributed by atoms with Gasteiger partial charge in [0, 0.05) is 18.5 Å². The summed E-state index contributed by atoms with van der Waals surface area (Å²) >= 11 is 0. The zero-order chi connectivity index (χ0) is 9.78. The number of aliphatic hydroxyl groups is 1. The van der Waals surface area contributed by atoms with Crippen LogP contribution in [0.5, 0.6) is 0 Å². The van der Waals surface area contributed by atoms with Gasteiger partial charge in [-0.1, -0.05) is 27.7 Å². The van der Waals surface area contributed by atoms with E-state index in [1.807, 2.05) is 20.8 Å². The highest BCUT2D eigenvalue weighted by molar-refractivity contribution is 4.94. The van der Waals surface area contributed by atoms with Gasteiger partial charge >= 0.3 is 0 Å². The minimum Gasteiger partial charge on any atom is -0.393 e. The second kappa shape index (κ2) is 4.83. The molecule has 0 spiro atoms. The molecule has 1 N–H and O–H groups in total. The molecule has 1 heterocycles. The predicted octanol–water partition coefficient (Wildman–Crippen LogP) is 1.74. The van der Waals surface area contributed by atoms with E-state index < -0.39 is 0 Å².